The number of hydrogen-bond acceptors (Lipinski definition) is 4. The molecule has 1 unspecified atom stereocenters. The van der Waals surface area contributed by atoms with E-state index in [4.69, 9.17) is 16.7 Å². The first-order valence-electron chi connectivity index (χ1n) is 4.34. The third-order valence-electron chi connectivity index (χ3n) is 1.81. The van der Waals surface area contributed by atoms with Gasteiger partial charge in [0.1, 0.15) is 4.21 Å². The second-order valence-corrected chi connectivity index (χ2v) is 8.37. The van der Waals surface area contributed by atoms with E-state index in [1.807, 2.05) is 0 Å². The van der Waals surface area contributed by atoms with Crippen molar-refractivity contribution >= 4 is 48.9 Å². The quantitative estimate of drug-likeness (QED) is 0.907. The highest BCUT2D eigenvalue weighted by Gasteiger charge is 2.24. The van der Waals surface area contributed by atoms with Gasteiger partial charge in [0.2, 0.25) is 0 Å². The molecule has 0 aliphatic carbocycles. The predicted molar refractivity (Wildman–Crippen MR) is 68.5 cm³/mol. The third-order valence-corrected chi connectivity index (χ3v) is 6.56. The van der Waals surface area contributed by atoms with Gasteiger partial charge < -0.3 is 5.11 Å². The molecule has 1 heterocycles. The van der Waals surface area contributed by atoms with Crippen molar-refractivity contribution in [1.82, 2.24) is 4.31 Å². The summed E-state index contributed by atoms with van der Waals surface area (Å²) in [6.07, 6.45) is -0.710. The molecule has 0 fully saturated rings. The average Bonchev–Trinajstić information content (AvgIpc) is 2.46. The highest BCUT2D eigenvalue weighted by atomic mass is 79.9. The first-order chi connectivity index (χ1) is 7.25. The number of sulfonamides is 1. The summed E-state index contributed by atoms with van der Waals surface area (Å²) in [5, 5.41) is 9.52. The molecule has 1 aromatic rings. The van der Waals surface area contributed by atoms with E-state index < -0.39 is 16.1 Å². The van der Waals surface area contributed by atoms with Crippen molar-refractivity contribution in [2.45, 2.75) is 17.2 Å². The van der Waals surface area contributed by atoms with Gasteiger partial charge >= 0.3 is 0 Å². The lowest BCUT2D eigenvalue weighted by Crippen LogP contribution is -2.32. The van der Waals surface area contributed by atoms with Crippen LogP contribution in [-0.2, 0) is 10.0 Å². The molecule has 8 heteroatoms. The molecule has 0 aliphatic rings. The fourth-order valence-electron chi connectivity index (χ4n) is 1.08. The molecule has 0 aliphatic heterocycles. The summed E-state index contributed by atoms with van der Waals surface area (Å²) in [6.45, 7) is 1.58. The van der Waals surface area contributed by atoms with E-state index in [1.165, 1.54) is 20.0 Å². The minimum Gasteiger partial charge on any atom is -0.392 e. The maximum absolute atomic E-state index is 12.0. The number of likely N-dealkylation sites (N-methyl/N-ethyl adjacent to an activating group) is 1. The summed E-state index contributed by atoms with van der Waals surface area (Å²) in [7, 11) is -2.14. The SMILES string of the molecule is CC(O)CN(C)S(=O)(=O)c1cc(Cl)c(Br)s1. The number of thiophene rings is 1. The van der Waals surface area contributed by atoms with Gasteiger partial charge in [0.05, 0.1) is 14.9 Å². The zero-order chi connectivity index (χ0) is 12.5. The van der Waals surface area contributed by atoms with Crippen LogP contribution in [0.15, 0.2) is 14.1 Å². The molecule has 0 spiro atoms. The van der Waals surface area contributed by atoms with E-state index in [0.717, 1.165) is 15.6 Å². The molecule has 0 bridgehead atoms. The molecule has 1 N–H and O–H groups in total. The van der Waals surface area contributed by atoms with Gasteiger partial charge in [0.25, 0.3) is 10.0 Å². The van der Waals surface area contributed by atoms with Crippen molar-refractivity contribution in [2.24, 2.45) is 0 Å². The number of halogens is 2. The number of rotatable bonds is 4. The molecule has 0 aromatic carbocycles. The molecule has 4 nitrogen and oxygen atoms in total. The monoisotopic (exact) mass is 347 g/mol. The molecule has 16 heavy (non-hydrogen) atoms. The Labute approximate surface area is 112 Å². The van der Waals surface area contributed by atoms with Gasteiger partial charge in [-0.1, -0.05) is 11.6 Å². The summed E-state index contributed by atoms with van der Waals surface area (Å²) < 4.78 is 25.8. The van der Waals surface area contributed by atoms with Crippen LogP contribution >= 0.6 is 38.9 Å². The summed E-state index contributed by atoms with van der Waals surface area (Å²) in [5.41, 5.74) is 0. The topological polar surface area (TPSA) is 57.6 Å². The highest BCUT2D eigenvalue weighted by Crippen LogP contribution is 2.35. The van der Waals surface area contributed by atoms with Crippen molar-refractivity contribution in [3.63, 3.8) is 0 Å². The molecule has 1 rings (SSSR count). The summed E-state index contributed by atoms with van der Waals surface area (Å²) in [5.74, 6) is 0. The van der Waals surface area contributed by atoms with Gasteiger partial charge in [-0.3, -0.25) is 0 Å². The number of aliphatic hydroxyl groups is 1. The Balaban J connectivity index is 3.02. The fourth-order valence-corrected chi connectivity index (χ4v) is 4.94. The van der Waals surface area contributed by atoms with E-state index >= 15 is 0 Å². The maximum atomic E-state index is 12.0. The van der Waals surface area contributed by atoms with E-state index in [-0.39, 0.29) is 10.8 Å². The molecule has 0 amide bonds. The normalized spacial score (nSPS) is 14.4. The lowest BCUT2D eigenvalue weighted by Gasteiger charge is -2.17. The van der Waals surface area contributed by atoms with Gasteiger partial charge in [-0.25, -0.2) is 8.42 Å². The fraction of sp³-hybridized carbons (Fsp3) is 0.500. The first-order valence-corrected chi connectivity index (χ1v) is 7.77. The minimum absolute atomic E-state index is 0.0511. The lowest BCUT2D eigenvalue weighted by atomic mass is 10.4. The van der Waals surface area contributed by atoms with E-state index in [0.29, 0.717) is 8.81 Å². The maximum Gasteiger partial charge on any atom is 0.252 e. The minimum atomic E-state index is -3.56. The first kappa shape index (κ1) is 14.4. The van der Waals surface area contributed by atoms with Gasteiger partial charge in [0.15, 0.2) is 0 Å². The second-order valence-electron chi connectivity index (χ2n) is 3.32. The number of aliphatic hydroxyl groups excluding tert-OH is 1. The standard InChI is InChI=1S/C8H11BrClNO3S2/c1-5(12)4-11(2)16(13,14)7-3-6(10)8(9)15-7/h3,5,12H,4H2,1-2H3. The van der Waals surface area contributed by atoms with Crippen molar-refractivity contribution in [2.75, 3.05) is 13.6 Å². The average molecular weight is 349 g/mol. The van der Waals surface area contributed by atoms with Crippen LogP contribution in [-0.4, -0.2) is 37.5 Å². The van der Waals surface area contributed by atoms with Crippen molar-refractivity contribution in [1.29, 1.82) is 0 Å². The van der Waals surface area contributed by atoms with Gasteiger partial charge in [-0.05, 0) is 28.9 Å². The zero-order valence-electron chi connectivity index (χ0n) is 8.65. The van der Waals surface area contributed by atoms with Crippen LogP contribution in [0.25, 0.3) is 0 Å². The summed E-state index contributed by atoms with van der Waals surface area (Å²) >= 11 is 9.99. The third kappa shape index (κ3) is 3.18. The van der Waals surface area contributed by atoms with Crippen molar-refractivity contribution < 1.29 is 13.5 Å². The molecule has 1 aromatic heterocycles. The van der Waals surface area contributed by atoms with E-state index in [9.17, 15) is 8.42 Å². The van der Waals surface area contributed by atoms with Crippen molar-refractivity contribution in [3.05, 3.63) is 14.9 Å². The molecular formula is C8H11BrClNO3S2. The molecular weight excluding hydrogens is 338 g/mol. The predicted octanol–water partition coefficient (Wildman–Crippen LogP) is 2.17. The largest absolute Gasteiger partial charge is 0.392 e. The molecule has 0 saturated carbocycles. The van der Waals surface area contributed by atoms with Crippen LogP contribution in [0, 0.1) is 0 Å². The molecule has 0 radical (unpaired) electrons. The van der Waals surface area contributed by atoms with Crippen molar-refractivity contribution in [3.8, 4) is 0 Å². The zero-order valence-corrected chi connectivity index (χ0v) is 12.6. The summed E-state index contributed by atoms with van der Waals surface area (Å²) in [4.78, 5) is 0. The van der Waals surface area contributed by atoms with Crippen LogP contribution in [0.5, 0.6) is 0 Å². The van der Waals surface area contributed by atoms with Crippen LogP contribution in [0.4, 0.5) is 0 Å². The second kappa shape index (κ2) is 5.32. The Morgan fingerprint density at radius 3 is 2.62 bits per heavy atom. The summed E-state index contributed by atoms with van der Waals surface area (Å²) in [6, 6.07) is 1.39. The molecule has 1 atom stereocenters. The van der Waals surface area contributed by atoms with E-state index in [2.05, 4.69) is 15.9 Å². The molecule has 92 valence electrons. The van der Waals surface area contributed by atoms with Gasteiger partial charge in [0, 0.05) is 13.6 Å². The van der Waals surface area contributed by atoms with Crippen LogP contribution < -0.4 is 0 Å². The molecule has 0 saturated heterocycles. The van der Waals surface area contributed by atoms with Crippen LogP contribution in [0.3, 0.4) is 0 Å². The lowest BCUT2D eigenvalue weighted by molar-refractivity contribution is 0.171. The Bertz CT molecular complexity index is 452. The van der Waals surface area contributed by atoms with E-state index in [1.54, 1.807) is 0 Å². The Morgan fingerprint density at radius 1 is 1.69 bits per heavy atom. The number of hydrogen-bond donors (Lipinski definition) is 1. The Morgan fingerprint density at radius 2 is 2.25 bits per heavy atom. The van der Waals surface area contributed by atoms with Crippen LogP contribution in [0.2, 0.25) is 5.02 Å². The Hall–Kier alpha value is 0.340. The van der Waals surface area contributed by atoms with Gasteiger partial charge in [-0.2, -0.15) is 4.31 Å². The Kier molecular flexibility index (Phi) is 4.79. The highest BCUT2D eigenvalue weighted by molar-refractivity contribution is 9.11. The number of nitrogens with zero attached hydrogens (tertiary/aromatic N) is 1. The smallest absolute Gasteiger partial charge is 0.252 e. The van der Waals surface area contributed by atoms with Crippen LogP contribution in [0.1, 0.15) is 6.92 Å². The van der Waals surface area contributed by atoms with Gasteiger partial charge in [-0.15, -0.1) is 11.3 Å².